The molecule has 2 aromatic carbocycles. The summed E-state index contributed by atoms with van der Waals surface area (Å²) in [6.45, 7) is 0. The van der Waals surface area contributed by atoms with E-state index in [1.54, 1.807) is 16.5 Å². The van der Waals surface area contributed by atoms with Crippen molar-refractivity contribution < 1.29 is 0 Å². The zero-order chi connectivity index (χ0) is 14.0. The molecule has 0 saturated heterocycles. The Hall–Kier alpha value is -1.76. The lowest BCUT2D eigenvalue weighted by molar-refractivity contribution is 0.330. The molecule has 1 heteroatoms. The molecule has 0 N–H and O–H groups in total. The number of fused-ring (bicyclic) bond motifs is 7. The zero-order valence-electron chi connectivity index (χ0n) is 12.6. The second kappa shape index (κ2) is 4.13. The maximum Gasteiger partial charge on any atom is 0.0491 e. The molecule has 1 saturated carbocycles. The van der Waals surface area contributed by atoms with Gasteiger partial charge in [-0.05, 0) is 54.4 Å². The summed E-state index contributed by atoms with van der Waals surface area (Å²) < 4.78 is 2.37. The number of hydrogen-bond acceptors (Lipinski definition) is 0. The molecule has 21 heavy (non-hydrogen) atoms. The number of aromatic nitrogens is 1. The highest BCUT2D eigenvalue weighted by Gasteiger charge is 2.35. The topological polar surface area (TPSA) is 4.93 Å². The molecule has 0 spiro atoms. The summed E-state index contributed by atoms with van der Waals surface area (Å²) in [5.74, 6) is 1.76. The van der Waals surface area contributed by atoms with E-state index < -0.39 is 0 Å². The van der Waals surface area contributed by atoms with Crippen LogP contribution in [-0.4, -0.2) is 4.57 Å². The predicted octanol–water partition coefficient (Wildman–Crippen LogP) is 5.16. The molecule has 0 radical (unpaired) electrons. The predicted molar refractivity (Wildman–Crippen MR) is 88.8 cm³/mol. The quantitative estimate of drug-likeness (QED) is 0.534. The number of nitrogens with zero attached hydrogens (tertiary/aromatic N) is 1. The van der Waals surface area contributed by atoms with E-state index in [0.29, 0.717) is 0 Å². The second-order valence-corrected chi connectivity index (χ2v) is 6.96. The Bertz CT molecular complexity index is 855. The van der Waals surface area contributed by atoms with Gasteiger partial charge in [0.15, 0.2) is 0 Å². The molecule has 1 nitrogen and oxygen atoms in total. The van der Waals surface area contributed by atoms with Gasteiger partial charge in [0.1, 0.15) is 0 Å². The third kappa shape index (κ3) is 1.47. The normalized spacial score (nSPS) is 24.4. The second-order valence-electron chi connectivity index (χ2n) is 6.96. The molecular weight excluding hydrogens is 254 g/mol. The summed E-state index contributed by atoms with van der Waals surface area (Å²) in [6, 6.07) is 13.7. The van der Waals surface area contributed by atoms with Gasteiger partial charge in [0, 0.05) is 28.9 Å². The molecule has 5 rings (SSSR count). The van der Waals surface area contributed by atoms with Crippen molar-refractivity contribution in [2.24, 2.45) is 13.0 Å². The monoisotopic (exact) mass is 275 g/mol. The standard InChI is InChI=1S/C20H21N/c1-21-18-9-5-4-8-16(18)20-17-12-13-6-2-3-7-14(13)15(17)10-11-19(20)21/h4-5,8-11,13-14H,2-3,6-7,12H2,1H3/t13?,14-/m0/s1. The van der Waals surface area contributed by atoms with Crippen molar-refractivity contribution >= 4 is 21.8 Å². The van der Waals surface area contributed by atoms with Gasteiger partial charge in [-0.15, -0.1) is 0 Å². The molecule has 3 aromatic rings. The van der Waals surface area contributed by atoms with Gasteiger partial charge >= 0.3 is 0 Å². The van der Waals surface area contributed by atoms with Crippen LogP contribution in [0.5, 0.6) is 0 Å². The largest absolute Gasteiger partial charge is 0.344 e. The van der Waals surface area contributed by atoms with E-state index in [2.05, 4.69) is 48.0 Å². The summed E-state index contributed by atoms with van der Waals surface area (Å²) in [5, 5.41) is 2.99. The van der Waals surface area contributed by atoms with Crippen LogP contribution in [-0.2, 0) is 13.5 Å². The fourth-order valence-electron chi connectivity index (χ4n) is 5.03. The van der Waals surface area contributed by atoms with Gasteiger partial charge < -0.3 is 4.57 Å². The first kappa shape index (κ1) is 11.9. The van der Waals surface area contributed by atoms with Crippen molar-refractivity contribution in [2.75, 3.05) is 0 Å². The third-order valence-corrected chi connectivity index (χ3v) is 6.00. The Morgan fingerprint density at radius 1 is 0.952 bits per heavy atom. The van der Waals surface area contributed by atoms with Gasteiger partial charge in [-0.25, -0.2) is 0 Å². The van der Waals surface area contributed by atoms with E-state index in [9.17, 15) is 0 Å². The summed E-state index contributed by atoms with van der Waals surface area (Å²) in [4.78, 5) is 0. The summed E-state index contributed by atoms with van der Waals surface area (Å²) >= 11 is 0. The molecule has 1 fully saturated rings. The number of benzene rings is 2. The van der Waals surface area contributed by atoms with Crippen LogP contribution in [0.25, 0.3) is 21.8 Å². The molecule has 2 aliphatic rings. The van der Waals surface area contributed by atoms with Gasteiger partial charge in [-0.2, -0.15) is 0 Å². The fourth-order valence-corrected chi connectivity index (χ4v) is 5.03. The molecule has 1 unspecified atom stereocenters. The van der Waals surface area contributed by atoms with E-state index in [4.69, 9.17) is 0 Å². The van der Waals surface area contributed by atoms with Crippen molar-refractivity contribution in [2.45, 2.75) is 38.0 Å². The van der Waals surface area contributed by atoms with E-state index >= 15 is 0 Å². The minimum absolute atomic E-state index is 0.845. The first-order chi connectivity index (χ1) is 10.3. The lowest BCUT2D eigenvalue weighted by Crippen LogP contribution is -2.12. The SMILES string of the molecule is Cn1c2ccccc2c2c3c(ccc21)[C@H]1CCCCC1C3. The van der Waals surface area contributed by atoms with E-state index in [-0.39, 0.29) is 0 Å². The smallest absolute Gasteiger partial charge is 0.0491 e. The number of aryl methyl sites for hydroxylation is 1. The summed E-state index contributed by atoms with van der Waals surface area (Å²) in [5.41, 5.74) is 6.12. The number of rotatable bonds is 0. The lowest BCUT2D eigenvalue weighted by Gasteiger charge is -2.25. The Morgan fingerprint density at radius 3 is 2.76 bits per heavy atom. The fraction of sp³-hybridized carbons (Fsp3) is 0.400. The molecule has 2 aliphatic carbocycles. The highest BCUT2D eigenvalue weighted by molar-refractivity contribution is 6.10. The van der Waals surface area contributed by atoms with E-state index in [0.717, 1.165) is 11.8 Å². The van der Waals surface area contributed by atoms with Crippen molar-refractivity contribution in [3.8, 4) is 0 Å². The molecule has 0 amide bonds. The first-order valence-electron chi connectivity index (χ1n) is 8.33. The Kier molecular flexibility index (Phi) is 2.33. The van der Waals surface area contributed by atoms with Gasteiger partial charge in [0.2, 0.25) is 0 Å². The molecule has 1 heterocycles. The van der Waals surface area contributed by atoms with Crippen molar-refractivity contribution in [1.82, 2.24) is 4.57 Å². The van der Waals surface area contributed by atoms with Crippen LogP contribution < -0.4 is 0 Å². The van der Waals surface area contributed by atoms with Crippen LogP contribution in [0.15, 0.2) is 36.4 Å². The lowest BCUT2D eigenvalue weighted by atomic mass is 9.80. The van der Waals surface area contributed by atoms with Gasteiger partial charge in [-0.3, -0.25) is 0 Å². The van der Waals surface area contributed by atoms with Crippen LogP contribution in [0, 0.1) is 5.92 Å². The highest BCUT2D eigenvalue weighted by Crippen LogP contribution is 2.49. The molecule has 0 bridgehead atoms. The summed E-state index contributed by atoms with van der Waals surface area (Å²) in [7, 11) is 2.21. The zero-order valence-corrected chi connectivity index (χ0v) is 12.6. The Morgan fingerprint density at radius 2 is 1.81 bits per heavy atom. The van der Waals surface area contributed by atoms with Crippen LogP contribution in [0.4, 0.5) is 0 Å². The van der Waals surface area contributed by atoms with Crippen molar-refractivity contribution in [3.63, 3.8) is 0 Å². The minimum Gasteiger partial charge on any atom is -0.344 e. The van der Waals surface area contributed by atoms with Crippen LogP contribution in [0.2, 0.25) is 0 Å². The number of para-hydroxylation sites is 1. The van der Waals surface area contributed by atoms with Crippen LogP contribution in [0.1, 0.15) is 42.7 Å². The van der Waals surface area contributed by atoms with Crippen LogP contribution in [0.3, 0.4) is 0 Å². The highest BCUT2D eigenvalue weighted by atomic mass is 14.9. The van der Waals surface area contributed by atoms with E-state index in [1.807, 2.05) is 0 Å². The minimum atomic E-state index is 0.845. The molecule has 2 atom stereocenters. The summed E-state index contributed by atoms with van der Waals surface area (Å²) in [6.07, 6.45) is 7.02. The molecule has 1 aromatic heterocycles. The molecule has 0 aliphatic heterocycles. The Labute approximate surface area is 125 Å². The maximum atomic E-state index is 2.44. The molecular formula is C20H21N. The first-order valence-corrected chi connectivity index (χ1v) is 8.33. The van der Waals surface area contributed by atoms with Gasteiger partial charge in [0.05, 0.1) is 0 Å². The number of hydrogen-bond donors (Lipinski definition) is 0. The van der Waals surface area contributed by atoms with Gasteiger partial charge in [-0.1, -0.05) is 37.1 Å². The van der Waals surface area contributed by atoms with Crippen molar-refractivity contribution in [1.29, 1.82) is 0 Å². The Balaban J connectivity index is 1.87. The third-order valence-electron chi connectivity index (χ3n) is 6.00. The molecule has 106 valence electrons. The van der Waals surface area contributed by atoms with Crippen LogP contribution >= 0.6 is 0 Å². The maximum absolute atomic E-state index is 2.44. The van der Waals surface area contributed by atoms with Crippen molar-refractivity contribution in [3.05, 3.63) is 47.5 Å². The van der Waals surface area contributed by atoms with E-state index in [1.165, 1.54) is 48.5 Å². The van der Waals surface area contributed by atoms with Gasteiger partial charge in [0.25, 0.3) is 0 Å². The average molecular weight is 275 g/mol. The average Bonchev–Trinajstić information content (AvgIpc) is 3.04.